The van der Waals surface area contributed by atoms with E-state index in [9.17, 15) is 0 Å². The predicted molar refractivity (Wildman–Crippen MR) is 89.8 cm³/mol. The SMILES string of the molecule is C/C(=C/CNSc1ccc(NCC2CCCC2)cc1)ON. The predicted octanol–water partition coefficient (Wildman–Crippen LogP) is 3.68. The quantitative estimate of drug-likeness (QED) is 0.296. The van der Waals surface area contributed by atoms with Crippen LogP contribution in [0.2, 0.25) is 0 Å². The van der Waals surface area contributed by atoms with Gasteiger partial charge in [0.1, 0.15) is 5.76 Å². The Kier molecular flexibility index (Phi) is 6.92. The summed E-state index contributed by atoms with van der Waals surface area (Å²) in [6.45, 7) is 3.65. The average molecular weight is 307 g/mol. The summed E-state index contributed by atoms with van der Waals surface area (Å²) in [6, 6.07) is 8.54. The van der Waals surface area contributed by atoms with Gasteiger partial charge in [0.05, 0.1) is 0 Å². The first-order valence-corrected chi connectivity index (χ1v) is 8.36. The molecule has 21 heavy (non-hydrogen) atoms. The van der Waals surface area contributed by atoms with Crippen molar-refractivity contribution in [2.75, 3.05) is 18.4 Å². The lowest BCUT2D eigenvalue weighted by Gasteiger charge is -2.12. The van der Waals surface area contributed by atoms with Crippen LogP contribution in [0.25, 0.3) is 0 Å². The Morgan fingerprint density at radius 1 is 1.33 bits per heavy atom. The Morgan fingerprint density at radius 3 is 2.71 bits per heavy atom. The summed E-state index contributed by atoms with van der Waals surface area (Å²) in [5.41, 5.74) is 1.21. The van der Waals surface area contributed by atoms with Crippen LogP contribution in [0.15, 0.2) is 41.0 Å². The van der Waals surface area contributed by atoms with Gasteiger partial charge in [-0.1, -0.05) is 12.8 Å². The molecule has 1 aliphatic rings. The Labute approximate surface area is 131 Å². The van der Waals surface area contributed by atoms with E-state index in [-0.39, 0.29) is 0 Å². The zero-order chi connectivity index (χ0) is 14.9. The molecule has 5 heteroatoms. The summed E-state index contributed by atoms with van der Waals surface area (Å²) in [5.74, 6) is 6.62. The van der Waals surface area contributed by atoms with Gasteiger partial charge in [-0.05, 0) is 68.0 Å². The van der Waals surface area contributed by atoms with Crippen LogP contribution < -0.4 is 15.9 Å². The molecule has 2 rings (SSSR count). The van der Waals surface area contributed by atoms with E-state index in [1.807, 2.05) is 13.0 Å². The molecule has 0 spiro atoms. The minimum absolute atomic E-state index is 0.717. The van der Waals surface area contributed by atoms with Gasteiger partial charge in [0.25, 0.3) is 0 Å². The van der Waals surface area contributed by atoms with Gasteiger partial charge in [0.2, 0.25) is 0 Å². The van der Waals surface area contributed by atoms with Gasteiger partial charge in [-0.2, -0.15) is 5.90 Å². The first-order chi connectivity index (χ1) is 10.3. The van der Waals surface area contributed by atoms with Gasteiger partial charge in [-0.3, -0.25) is 4.72 Å². The molecule has 1 aliphatic carbocycles. The van der Waals surface area contributed by atoms with Gasteiger partial charge in [-0.25, -0.2) is 0 Å². The van der Waals surface area contributed by atoms with Crippen LogP contribution in [0.4, 0.5) is 5.69 Å². The van der Waals surface area contributed by atoms with Crippen LogP contribution in [0.1, 0.15) is 32.6 Å². The van der Waals surface area contributed by atoms with Crippen molar-refractivity contribution in [3.8, 4) is 0 Å². The largest absolute Gasteiger partial charge is 0.417 e. The molecule has 4 N–H and O–H groups in total. The van der Waals surface area contributed by atoms with E-state index in [0.29, 0.717) is 0 Å². The minimum atomic E-state index is 0.717. The fourth-order valence-electron chi connectivity index (χ4n) is 2.48. The maximum atomic E-state index is 5.05. The molecule has 116 valence electrons. The number of nitrogens with one attached hydrogen (secondary N) is 2. The molecule has 1 aromatic carbocycles. The van der Waals surface area contributed by atoms with Crippen molar-refractivity contribution in [2.24, 2.45) is 11.8 Å². The van der Waals surface area contributed by atoms with Crippen molar-refractivity contribution in [2.45, 2.75) is 37.5 Å². The number of nitrogens with two attached hydrogens (primary N) is 1. The highest BCUT2D eigenvalue weighted by molar-refractivity contribution is 7.97. The van der Waals surface area contributed by atoms with E-state index in [2.05, 4.69) is 39.1 Å². The summed E-state index contributed by atoms with van der Waals surface area (Å²) in [6.07, 6.45) is 7.46. The van der Waals surface area contributed by atoms with Crippen LogP contribution in [-0.4, -0.2) is 13.1 Å². The van der Waals surface area contributed by atoms with Gasteiger partial charge in [0.15, 0.2) is 0 Å². The molecule has 1 fully saturated rings. The number of allylic oxidation sites excluding steroid dienone is 1. The lowest BCUT2D eigenvalue weighted by atomic mass is 10.1. The van der Waals surface area contributed by atoms with Crippen LogP contribution in [-0.2, 0) is 4.84 Å². The monoisotopic (exact) mass is 307 g/mol. The molecule has 1 saturated carbocycles. The molecule has 0 atom stereocenters. The topological polar surface area (TPSA) is 59.3 Å². The van der Waals surface area contributed by atoms with Crippen molar-refractivity contribution in [1.29, 1.82) is 0 Å². The van der Waals surface area contributed by atoms with Gasteiger partial charge in [0, 0.05) is 23.7 Å². The normalized spacial score (nSPS) is 16.2. The molecule has 0 aromatic heterocycles. The lowest BCUT2D eigenvalue weighted by molar-refractivity contribution is 0.222. The van der Waals surface area contributed by atoms with Crippen molar-refractivity contribution < 1.29 is 4.84 Å². The van der Waals surface area contributed by atoms with Crippen LogP contribution in [0.5, 0.6) is 0 Å². The van der Waals surface area contributed by atoms with Crippen LogP contribution >= 0.6 is 11.9 Å². The lowest BCUT2D eigenvalue weighted by Crippen LogP contribution is -2.10. The van der Waals surface area contributed by atoms with Crippen LogP contribution in [0, 0.1) is 5.92 Å². The first-order valence-electron chi connectivity index (χ1n) is 7.55. The highest BCUT2D eigenvalue weighted by Crippen LogP contribution is 2.25. The van der Waals surface area contributed by atoms with E-state index in [1.54, 1.807) is 11.9 Å². The number of anilines is 1. The van der Waals surface area contributed by atoms with E-state index >= 15 is 0 Å². The van der Waals surface area contributed by atoms with Crippen LogP contribution in [0.3, 0.4) is 0 Å². The van der Waals surface area contributed by atoms with Crippen molar-refractivity contribution in [3.63, 3.8) is 0 Å². The smallest absolute Gasteiger partial charge is 0.118 e. The number of benzene rings is 1. The summed E-state index contributed by atoms with van der Waals surface area (Å²) in [4.78, 5) is 5.79. The van der Waals surface area contributed by atoms with Crippen molar-refractivity contribution in [3.05, 3.63) is 36.1 Å². The molecule has 0 radical (unpaired) electrons. The fraction of sp³-hybridized carbons (Fsp3) is 0.500. The summed E-state index contributed by atoms with van der Waals surface area (Å²) in [7, 11) is 0. The molecular formula is C16H25N3OS. The second kappa shape index (κ2) is 8.97. The van der Waals surface area contributed by atoms with Gasteiger partial charge < -0.3 is 10.2 Å². The molecule has 4 nitrogen and oxygen atoms in total. The highest BCUT2D eigenvalue weighted by atomic mass is 32.2. The maximum absolute atomic E-state index is 5.05. The zero-order valence-electron chi connectivity index (χ0n) is 12.6. The standard InChI is InChI=1S/C16H25N3OS/c1-13(20-17)10-11-19-21-16-8-6-15(7-9-16)18-12-14-4-2-3-5-14/h6-10,14,18-19H,2-5,11-12,17H2,1H3/b13-10-. The average Bonchev–Trinajstić information content (AvgIpc) is 3.04. The third-order valence-electron chi connectivity index (χ3n) is 3.77. The van der Waals surface area contributed by atoms with Crippen molar-refractivity contribution >= 4 is 17.6 Å². The number of hydrogen-bond acceptors (Lipinski definition) is 5. The Bertz CT molecular complexity index is 441. The van der Waals surface area contributed by atoms with E-state index in [0.717, 1.165) is 24.8 Å². The zero-order valence-corrected chi connectivity index (χ0v) is 13.4. The third kappa shape index (κ3) is 5.99. The van der Waals surface area contributed by atoms with Gasteiger partial charge >= 0.3 is 0 Å². The maximum Gasteiger partial charge on any atom is 0.118 e. The Morgan fingerprint density at radius 2 is 2.05 bits per heavy atom. The number of rotatable bonds is 8. The molecule has 0 unspecified atom stereocenters. The van der Waals surface area contributed by atoms with Gasteiger partial charge in [-0.15, -0.1) is 0 Å². The minimum Gasteiger partial charge on any atom is -0.417 e. The molecule has 0 saturated heterocycles. The number of hydrogen-bond donors (Lipinski definition) is 3. The molecule has 0 bridgehead atoms. The first kappa shape index (κ1) is 16.2. The second-order valence-electron chi connectivity index (χ2n) is 5.44. The Hall–Kier alpha value is -1.17. The molecule has 1 aromatic rings. The fourth-order valence-corrected chi connectivity index (χ4v) is 3.08. The second-order valence-corrected chi connectivity index (χ2v) is 6.40. The van der Waals surface area contributed by atoms with E-state index < -0.39 is 0 Å². The van der Waals surface area contributed by atoms with Crippen molar-refractivity contribution in [1.82, 2.24) is 4.72 Å². The molecule has 0 aliphatic heterocycles. The van der Waals surface area contributed by atoms with E-state index in [1.165, 1.54) is 36.3 Å². The Balaban J connectivity index is 1.68. The third-order valence-corrected chi connectivity index (χ3v) is 4.59. The summed E-state index contributed by atoms with van der Waals surface area (Å²) >= 11 is 1.61. The molecular weight excluding hydrogens is 282 g/mol. The highest BCUT2D eigenvalue weighted by Gasteiger charge is 2.14. The molecule has 0 amide bonds. The summed E-state index contributed by atoms with van der Waals surface area (Å²) < 4.78 is 3.25. The summed E-state index contributed by atoms with van der Waals surface area (Å²) in [5, 5.41) is 3.53. The molecule has 0 heterocycles. The van der Waals surface area contributed by atoms with E-state index in [4.69, 9.17) is 5.90 Å².